The van der Waals surface area contributed by atoms with Crippen LogP contribution in [-0.2, 0) is 13.0 Å². The Bertz CT molecular complexity index is 754. The third-order valence-corrected chi connectivity index (χ3v) is 5.60. The SMILES string of the molecule is CN=C(NCC1Cc2ccccc21)N1CCN(Cc2ccccc2)CC1.I. The van der Waals surface area contributed by atoms with Crippen molar-refractivity contribution >= 4 is 29.9 Å². The van der Waals surface area contributed by atoms with Crippen LogP contribution in [0, 0.1) is 0 Å². The Morgan fingerprint density at radius 3 is 2.41 bits per heavy atom. The van der Waals surface area contributed by atoms with Crippen LogP contribution >= 0.6 is 24.0 Å². The van der Waals surface area contributed by atoms with Crippen LogP contribution in [0.25, 0.3) is 0 Å². The van der Waals surface area contributed by atoms with E-state index in [9.17, 15) is 0 Å². The second-order valence-corrected chi connectivity index (χ2v) is 7.28. The standard InChI is InChI=1S/C22H28N4.HI/c1-23-22(24-16-20-15-19-9-5-6-10-21(19)20)26-13-11-25(12-14-26)17-18-7-3-2-4-8-18;/h2-10,20H,11-17H2,1H3,(H,23,24);1H. The summed E-state index contributed by atoms with van der Waals surface area (Å²) in [4.78, 5) is 9.44. The summed E-state index contributed by atoms with van der Waals surface area (Å²) < 4.78 is 0. The second-order valence-electron chi connectivity index (χ2n) is 7.28. The van der Waals surface area contributed by atoms with Crippen molar-refractivity contribution in [2.45, 2.75) is 18.9 Å². The molecule has 0 spiro atoms. The molecule has 0 saturated carbocycles. The molecule has 27 heavy (non-hydrogen) atoms. The highest BCUT2D eigenvalue weighted by Crippen LogP contribution is 2.34. The molecule has 0 amide bonds. The van der Waals surface area contributed by atoms with Crippen molar-refractivity contribution < 1.29 is 0 Å². The van der Waals surface area contributed by atoms with Crippen molar-refractivity contribution in [1.82, 2.24) is 15.1 Å². The van der Waals surface area contributed by atoms with E-state index in [0.29, 0.717) is 5.92 Å². The summed E-state index contributed by atoms with van der Waals surface area (Å²) in [6, 6.07) is 19.5. The molecule has 1 saturated heterocycles. The zero-order valence-corrected chi connectivity index (χ0v) is 18.3. The molecule has 4 nitrogen and oxygen atoms in total. The molecule has 0 aromatic heterocycles. The van der Waals surface area contributed by atoms with Gasteiger partial charge < -0.3 is 10.2 Å². The summed E-state index contributed by atoms with van der Waals surface area (Å²) >= 11 is 0. The fraction of sp³-hybridized carbons (Fsp3) is 0.409. The quantitative estimate of drug-likeness (QED) is 0.417. The second kappa shape index (κ2) is 9.55. The molecule has 1 fully saturated rings. The van der Waals surface area contributed by atoms with E-state index in [4.69, 9.17) is 0 Å². The molecule has 1 atom stereocenters. The molecule has 4 rings (SSSR count). The molecule has 144 valence electrons. The third-order valence-electron chi connectivity index (χ3n) is 5.60. The smallest absolute Gasteiger partial charge is 0.193 e. The van der Waals surface area contributed by atoms with Crippen LogP contribution in [0.2, 0.25) is 0 Å². The highest BCUT2D eigenvalue weighted by molar-refractivity contribution is 14.0. The molecule has 1 N–H and O–H groups in total. The molecule has 1 aliphatic carbocycles. The normalized spacial score (nSPS) is 19.7. The topological polar surface area (TPSA) is 30.9 Å². The van der Waals surface area contributed by atoms with Gasteiger partial charge in [0.2, 0.25) is 0 Å². The van der Waals surface area contributed by atoms with Crippen molar-refractivity contribution in [2.24, 2.45) is 4.99 Å². The highest BCUT2D eigenvalue weighted by Gasteiger charge is 2.26. The average molecular weight is 476 g/mol. The van der Waals surface area contributed by atoms with Crippen LogP contribution in [0.4, 0.5) is 0 Å². The maximum Gasteiger partial charge on any atom is 0.193 e. The van der Waals surface area contributed by atoms with E-state index in [1.807, 2.05) is 7.05 Å². The van der Waals surface area contributed by atoms with Crippen LogP contribution in [0.3, 0.4) is 0 Å². The minimum atomic E-state index is 0. The van der Waals surface area contributed by atoms with E-state index in [1.54, 1.807) is 0 Å². The van der Waals surface area contributed by atoms with Gasteiger partial charge in [0.1, 0.15) is 0 Å². The third kappa shape index (κ3) is 4.82. The van der Waals surface area contributed by atoms with Crippen LogP contribution in [0.1, 0.15) is 22.6 Å². The zero-order valence-electron chi connectivity index (χ0n) is 16.0. The van der Waals surface area contributed by atoms with Gasteiger partial charge in [-0.3, -0.25) is 9.89 Å². The lowest BCUT2D eigenvalue weighted by atomic mass is 9.78. The van der Waals surface area contributed by atoms with Crippen LogP contribution in [0.15, 0.2) is 59.6 Å². The number of hydrogen-bond acceptors (Lipinski definition) is 2. The molecule has 2 aliphatic rings. The van der Waals surface area contributed by atoms with Gasteiger partial charge in [-0.15, -0.1) is 24.0 Å². The first-order valence-corrected chi connectivity index (χ1v) is 9.63. The number of guanidine groups is 1. The Labute approximate surface area is 179 Å². The number of rotatable bonds is 4. The first kappa shape index (κ1) is 20.1. The maximum atomic E-state index is 4.52. The largest absolute Gasteiger partial charge is 0.356 e. The lowest BCUT2D eigenvalue weighted by molar-refractivity contribution is 0.172. The minimum absolute atomic E-state index is 0. The number of aliphatic imine (C=N–C) groups is 1. The van der Waals surface area contributed by atoms with Gasteiger partial charge in [-0.1, -0.05) is 54.6 Å². The van der Waals surface area contributed by atoms with Gasteiger partial charge in [-0.25, -0.2) is 0 Å². The van der Waals surface area contributed by atoms with Gasteiger partial charge in [0.25, 0.3) is 0 Å². The summed E-state index contributed by atoms with van der Waals surface area (Å²) in [5, 5.41) is 3.60. The van der Waals surface area contributed by atoms with Gasteiger partial charge in [-0.2, -0.15) is 0 Å². The van der Waals surface area contributed by atoms with Crippen molar-refractivity contribution in [3.8, 4) is 0 Å². The lowest BCUT2D eigenvalue weighted by Crippen LogP contribution is -2.52. The number of hydrogen-bond donors (Lipinski definition) is 1. The van der Waals surface area contributed by atoms with E-state index in [0.717, 1.165) is 45.2 Å². The van der Waals surface area contributed by atoms with Gasteiger partial charge >= 0.3 is 0 Å². The monoisotopic (exact) mass is 476 g/mol. The predicted octanol–water partition coefficient (Wildman–Crippen LogP) is 3.34. The predicted molar refractivity (Wildman–Crippen MR) is 123 cm³/mol. The molecule has 5 heteroatoms. The lowest BCUT2D eigenvalue weighted by Gasteiger charge is -2.37. The van der Waals surface area contributed by atoms with Gasteiger partial charge in [0.05, 0.1) is 0 Å². The Kier molecular flexibility index (Phi) is 7.13. The number of fused-ring (bicyclic) bond motifs is 1. The summed E-state index contributed by atoms with van der Waals surface area (Å²) in [5.74, 6) is 1.68. The fourth-order valence-corrected chi connectivity index (χ4v) is 4.05. The maximum absolute atomic E-state index is 4.52. The first-order valence-electron chi connectivity index (χ1n) is 9.63. The Balaban J connectivity index is 0.00000210. The van der Waals surface area contributed by atoms with E-state index in [-0.39, 0.29) is 24.0 Å². The molecule has 1 heterocycles. The summed E-state index contributed by atoms with van der Waals surface area (Å²) in [6.45, 7) is 6.26. The molecular formula is C22H29IN4. The summed E-state index contributed by atoms with van der Waals surface area (Å²) in [6.07, 6.45) is 1.19. The summed E-state index contributed by atoms with van der Waals surface area (Å²) in [5.41, 5.74) is 4.40. The van der Waals surface area contributed by atoms with E-state index < -0.39 is 0 Å². The van der Waals surface area contributed by atoms with E-state index in [2.05, 4.69) is 74.7 Å². The van der Waals surface area contributed by atoms with Crippen LogP contribution < -0.4 is 5.32 Å². The summed E-state index contributed by atoms with van der Waals surface area (Å²) in [7, 11) is 1.90. The molecular weight excluding hydrogens is 447 g/mol. The Morgan fingerprint density at radius 2 is 1.70 bits per heavy atom. The molecule has 2 aromatic rings. The molecule has 0 radical (unpaired) electrons. The van der Waals surface area contributed by atoms with Crippen molar-refractivity contribution in [3.05, 3.63) is 71.3 Å². The number of halogens is 1. The van der Waals surface area contributed by atoms with E-state index >= 15 is 0 Å². The minimum Gasteiger partial charge on any atom is -0.356 e. The number of nitrogens with zero attached hydrogens (tertiary/aromatic N) is 3. The Hall–Kier alpha value is -1.60. The molecule has 2 aromatic carbocycles. The van der Waals surface area contributed by atoms with Gasteiger partial charge in [0.15, 0.2) is 5.96 Å². The number of piperazine rings is 1. The van der Waals surface area contributed by atoms with Crippen molar-refractivity contribution in [3.63, 3.8) is 0 Å². The highest BCUT2D eigenvalue weighted by atomic mass is 127. The molecule has 1 aliphatic heterocycles. The van der Waals surface area contributed by atoms with Crippen molar-refractivity contribution in [1.29, 1.82) is 0 Å². The number of benzene rings is 2. The average Bonchev–Trinajstić information content (AvgIpc) is 2.67. The van der Waals surface area contributed by atoms with Crippen LogP contribution in [0.5, 0.6) is 0 Å². The van der Waals surface area contributed by atoms with E-state index in [1.165, 1.54) is 23.1 Å². The zero-order chi connectivity index (χ0) is 17.8. The van der Waals surface area contributed by atoms with Crippen molar-refractivity contribution in [2.75, 3.05) is 39.8 Å². The first-order chi connectivity index (χ1) is 12.8. The van der Waals surface area contributed by atoms with Gasteiger partial charge in [0, 0.05) is 52.2 Å². The van der Waals surface area contributed by atoms with Gasteiger partial charge in [-0.05, 0) is 23.1 Å². The number of nitrogens with one attached hydrogen (secondary N) is 1. The molecule has 0 bridgehead atoms. The van der Waals surface area contributed by atoms with Crippen LogP contribution in [-0.4, -0.2) is 55.5 Å². The molecule has 1 unspecified atom stereocenters. The Morgan fingerprint density at radius 1 is 1.00 bits per heavy atom. The fourth-order valence-electron chi connectivity index (χ4n) is 4.05.